The Hall–Kier alpha value is -1.85. The van der Waals surface area contributed by atoms with Gasteiger partial charge in [0.25, 0.3) is 0 Å². The number of aryl methyl sites for hydroxylation is 1. The molecule has 0 saturated heterocycles. The highest BCUT2D eigenvalue weighted by Gasteiger charge is 2.17. The Morgan fingerprint density at radius 3 is 1.31 bits per heavy atom. The van der Waals surface area contributed by atoms with E-state index in [1.165, 1.54) is 27.2 Å². The van der Waals surface area contributed by atoms with Crippen molar-refractivity contribution in [1.82, 2.24) is 0 Å². The molecule has 0 aliphatic heterocycles. The van der Waals surface area contributed by atoms with Crippen LogP contribution in [-0.2, 0) is 0 Å². The Balaban J connectivity index is 2.07. The van der Waals surface area contributed by atoms with Crippen LogP contribution in [0.4, 0.5) is 0 Å². The molecular formula is C25H20S4. The summed E-state index contributed by atoms with van der Waals surface area (Å²) < 4.78 is 0. The van der Waals surface area contributed by atoms with Crippen LogP contribution in [0.1, 0.15) is 27.1 Å². The monoisotopic (exact) mass is 448 g/mol. The van der Waals surface area contributed by atoms with E-state index in [-0.39, 0.29) is 0 Å². The molecule has 4 heteroatoms. The van der Waals surface area contributed by atoms with Crippen molar-refractivity contribution in [2.75, 3.05) is 0 Å². The van der Waals surface area contributed by atoms with Gasteiger partial charge in [-0.15, -0.1) is 49.2 Å². The van der Waals surface area contributed by atoms with Gasteiger partial charge >= 0.3 is 0 Å². The van der Waals surface area contributed by atoms with E-state index >= 15 is 0 Å². The van der Waals surface area contributed by atoms with E-state index < -0.39 is 0 Å². The number of hydrogen-bond acceptors (Lipinski definition) is 4. The summed E-state index contributed by atoms with van der Waals surface area (Å²) in [6.07, 6.45) is 0. The summed E-state index contributed by atoms with van der Waals surface area (Å²) in [7, 11) is 0. The highest BCUT2D eigenvalue weighted by molar-refractivity contribution is 7.80. The van der Waals surface area contributed by atoms with Crippen LogP contribution in [0.25, 0.3) is 11.1 Å². The van der Waals surface area contributed by atoms with E-state index in [4.69, 9.17) is 0 Å². The summed E-state index contributed by atoms with van der Waals surface area (Å²) in [4.78, 5) is 4.10. The fraction of sp³-hybridized carbons (Fsp3) is 0.0400. The topological polar surface area (TPSA) is 0 Å². The van der Waals surface area contributed by atoms with Crippen LogP contribution in [0.5, 0.6) is 0 Å². The molecule has 29 heavy (non-hydrogen) atoms. The zero-order valence-corrected chi connectivity index (χ0v) is 19.3. The van der Waals surface area contributed by atoms with Crippen molar-refractivity contribution in [3.8, 4) is 0 Å². The third-order valence-corrected chi connectivity index (χ3v) is 6.65. The Bertz CT molecular complexity index is 1100. The normalized spacial score (nSPS) is 10.8. The minimum atomic E-state index is 0.951. The molecule has 0 spiro atoms. The second kappa shape index (κ2) is 8.88. The van der Waals surface area contributed by atoms with Gasteiger partial charge in [-0.1, -0.05) is 36.4 Å². The van der Waals surface area contributed by atoms with Gasteiger partial charge in [-0.2, -0.15) is 0 Å². The third-order valence-electron chi connectivity index (χ3n) is 4.69. The first-order chi connectivity index (χ1) is 14.0. The van der Waals surface area contributed by atoms with E-state index in [9.17, 15) is 0 Å². The summed E-state index contributed by atoms with van der Waals surface area (Å²) in [6, 6.07) is 27.4. The quantitative estimate of drug-likeness (QED) is 0.205. The Morgan fingerprint density at radius 1 is 0.586 bits per heavy atom. The highest BCUT2D eigenvalue weighted by Crippen LogP contribution is 2.39. The van der Waals surface area contributed by atoms with Crippen molar-refractivity contribution in [2.45, 2.75) is 21.6 Å². The third kappa shape index (κ3) is 4.67. The lowest BCUT2D eigenvalue weighted by Gasteiger charge is -2.17. The van der Waals surface area contributed by atoms with Gasteiger partial charge in [0.15, 0.2) is 0 Å². The zero-order valence-electron chi connectivity index (χ0n) is 15.8. The second-order valence-corrected chi connectivity index (χ2v) is 9.34. The lowest BCUT2D eigenvalue weighted by Crippen LogP contribution is -1.96. The fourth-order valence-corrected chi connectivity index (χ4v) is 4.73. The summed E-state index contributed by atoms with van der Waals surface area (Å²) in [5.74, 6) is 0. The van der Waals surface area contributed by atoms with Crippen molar-refractivity contribution in [3.05, 3.63) is 111 Å². The van der Waals surface area contributed by atoms with Gasteiger partial charge in [0.1, 0.15) is 0 Å². The molecule has 0 nitrogen and oxygen atoms in total. The predicted octanol–water partition coefficient (Wildman–Crippen LogP) is 7.93. The van der Waals surface area contributed by atoms with E-state index in [2.05, 4.69) is 92.7 Å². The van der Waals surface area contributed by atoms with Crippen molar-refractivity contribution < 1.29 is 0 Å². The predicted molar refractivity (Wildman–Crippen MR) is 135 cm³/mol. The second-order valence-electron chi connectivity index (χ2n) is 6.88. The summed E-state index contributed by atoms with van der Waals surface area (Å²) >= 11 is 15.2. The molecule has 0 saturated carbocycles. The van der Waals surface area contributed by atoms with E-state index in [1.54, 1.807) is 11.3 Å². The first kappa shape index (κ1) is 20.4. The largest absolute Gasteiger partial charge is 0.144 e. The summed E-state index contributed by atoms with van der Waals surface area (Å²) in [5.41, 5.74) is 7.17. The standard InChI is InChI=1S/C25H20S4/c1-16-14-23(29-15-16)25(19-6-12-22(28)13-7-19)24(17-2-8-20(26)9-3-17)18-4-10-21(27)11-5-18/h2-15,26-28H,1H3. The maximum absolute atomic E-state index is 4.48. The summed E-state index contributed by atoms with van der Waals surface area (Å²) in [5, 5.41) is 2.20. The lowest BCUT2D eigenvalue weighted by atomic mass is 9.88. The molecule has 0 N–H and O–H groups in total. The molecule has 3 aromatic carbocycles. The maximum atomic E-state index is 4.48. The molecule has 0 atom stereocenters. The summed E-state index contributed by atoms with van der Waals surface area (Å²) in [6.45, 7) is 2.14. The average Bonchev–Trinajstić information content (AvgIpc) is 3.15. The minimum absolute atomic E-state index is 0.951. The molecule has 0 unspecified atom stereocenters. The molecule has 144 valence electrons. The molecule has 0 aliphatic carbocycles. The van der Waals surface area contributed by atoms with Crippen LogP contribution < -0.4 is 0 Å². The molecule has 4 aromatic rings. The number of rotatable bonds is 4. The van der Waals surface area contributed by atoms with Crippen LogP contribution in [0.3, 0.4) is 0 Å². The van der Waals surface area contributed by atoms with Crippen LogP contribution in [0.2, 0.25) is 0 Å². The first-order valence-corrected chi connectivity index (χ1v) is 11.4. The maximum Gasteiger partial charge on any atom is 0.0357 e. The van der Waals surface area contributed by atoms with Gasteiger partial charge < -0.3 is 0 Å². The number of benzene rings is 3. The van der Waals surface area contributed by atoms with Gasteiger partial charge in [0.05, 0.1) is 0 Å². The van der Waals surface area contributed by atoms with Gasteiger partial charge in [-0.3, -0.25) is 0 Å². The molecule has 0 aliphatic rings. The number of thiophene rings is 1. The van der Waals surface area contributed by atoms with Crippen LogP contribution in [0, 0.1) is 6.92 Å². The molecule has 1 aromatic heterocycles. The Kier molecular flexibility index (Phi) is 6.26. The highest BCUT2D eigenvalue weighted by atomic mass is 32.1. The lowest BCUT2D eigenvalue weighted by molar-refractivity contribution is 1.41. The van der Waals surface area contributed by atoms with Crippen molar-refractivity contribution in [2.24, 2.45) is 0 Å². The average molecular weight is 449 g/mol. The van der Waals surface area contributed by atoms with Crippen molar-refractivity contribution in [1.29, 1.82) is 0 Å². The van der Waals surface area contributed by atoms with Gasteiger partial charge in [-0.25, -0.2) is 0 Å². The Morgan fingerprint density at radius 2 is 0.966 bits per heavy atom. The molecule has 0 radical (unpaired) electrons. The fourth-order valence-electron chi connectivity index (χ4n) is 3.31. The van der Waals surface area contributed by atoms with E-state index in [1.807, 2.05) is 36.4 Å². The minimum Gasteiger partial charge on any atom is -0.144 e. The number of thiol groups is 3. The Labute approximate surface area is 192 Å². The molecule has 0 bridgehead atoms. The molecule has 0 fully saturated rings. The van der Waals surface area contributed by atoms with Crippen molar-refractivity contribution >= 4 is 60.4 Å². The van der Waals surface area contributed by atoms with Gasteiger partial charge in [-0.05, 0) is 82.6 Å². The molecule has 0 amide bonds. The molecule has 1 heterocycles. The smallest absolute Gasteiger partial charge is 0.0357 e. The van der Waals surface area contributed by atoms with E-state index in [0.717, 1.165) is 25.8 Å². The van der Waals surface area contributed by atoms with Crippen molar-refractivity contribution in [3.63, 3.8) is 0 Å². The van der Waals surface area contributed by atoms with Crippen LogP contribution in [-0.4, -0.2) is 0 Å². The van der Waals surface area contributed by atoms with E-state index in [0.29, 0.717) is 0 Å². The molecular weight excluding hydrogens is 429 g/mol. The van der Waals surface area contributed by atoms with Gasteiger partial charge in [0, 0.05) is 25.1 Å². The number of hydrogen-bond donors (Lipinski definition) is 3. The SMILES string of the molecule is Cc1csc(C(=C(c2ccc(S)cc2)c2ccc(S)cc2)c2ccc(S)cc2)c1. The molecule has 4 rings (SSSR count). The van der Waals surface area contributed by atoms with Gasteiger partial charge in [0.2, 0.25) is 0 Å². The van der Waals surface area contributed by atoms with Crippen LogP contribution in [0.15, 0.2) is 98.9 Å². The zero-order chi connectivity index (χ0) is 20.4. The first-order valence-electron chi connectivity index (χ1n) is 9.19. The van der Waals surface area contributed by atoms with Crippen LogP contribution >= 0.6 is 49.2 Å².